The smallest absolute Gasteiger partial charge is 0.262 e. The van der Waals surface area contributed by atoms with Crippen molar-refractivity contribution in [2.45, 2.75) is 11.7 Å². The van der Waals surface area contributed by atoms with Gasteiger partial charge in [-0.3, -0.25) is 4.79 Å². The zero-order valence-corrected chi connectivity index (χ0v) is 15.4. The fourth-order valence-electron chi connectivity index (χ4n) is 2.75. The molecule has 132 valence electrons. The molecule has 0 spiro atoms. The Balaban J connectivity index is 1.48. The first kappa shape index (κ1) is 17.0. The molecule has 0 saturated carbocycles. The van der Waals surface area contributed by atoms with E-state index in [9.17, 15) is 4.79 Å². The van der Waals surface area contributed by atoms with E-state index >= 15 is 0 Å². The monoisotopic (exact) mass is 385 g/mol. The number of hydrogen-bond acceptors (Lipinski definition) is 4. The number of para-hydroxylation sites is 2. The third kappa shape index (κ3) is 3.57. The lowest BCUT2D eigenvalue weighted by Crippen LogP contribution is -2.20. The van der Waals surface area contributed by atoms with Crippen LogP contribution in [0.25, 0.3) is 11.3 Å². The Labute approximate surface area is 160 Å². The van der Waals surface area contributed by atoms with Gasteiger partial charge in [-0.25, -0.2) is 4.98 Å². The van der Waals surface area contributed by atoms with Crippen LogP contribution in [0.2, 0.25) is 5.02 Å². The van der Waals surface area contributed by atoms with Crippen LogP contribution >= 0.6 is 23.4 Å². The lowest BCUT2D eigenvalue weighted by atomic mass is 10.1. The quantitative estimate of drug-likeness (QED) is 0.710. The highest BCUT2D eigenvalue weighted by Crippen LogP contribution is 2.32. The Morgan fingerprint density at radius 3 is 2.88 bits per heavy atom. The van der Waals surface area contributed by atoms with Crippen molar-refractivity contribution in [3.05, 3.63) is 59.8 Å². The summed E-state index contributed by atoms with van der Waals surface area (Å²) < 4.78 is 7.64. The molecule has 4 rings (SSSR count). The number of ether oxygens (including phenoxy) is 1. The number of hydrogen-bond donors (Lipinski definition) is 1. The molecule has 1 aliphatic rings. The topological polar surface area (TPSA) is 56.1 Å². The van der Waals surface area contributed by atoms with Gasteiger partial charge in [0.05, 0.1) is 16.4 Å². The molecule has 3 aromatic rings. The van der Waals surface area contributed by atoms with E-state index in [-0.39, 0.29) is 12.5 Å². The van der Waals surface area contributed by atoms with Crippen molar-refractivity contribution in [2.75, 3.05) is 17.7 Å². The van der Waals surface area contributed by atoms with Crippen LogP contribution in [0.15, 0.2) is 59.9 Å². The van der Waals surface area contributed by atoms with E-state index in [1.165, 1.54) is 0 Å². The fraction of sp³-hybridized carbons (Fsp3) is 0.158. The van der Waals surface area contributed by atoms with E-state index in [0.29, 0.717) is 16.5 Å². The Hall–Kier alpha value is -2.44. The van der Waals surface area contributed by atoms with Gasteiger partial charge in [0.15, 0.2) is 11.8 Å². The first-order valence-electron chi connectivity index (χ1n) is 8.17. The molecule has 1 N–H and O–H groups in total. The number of benzene rings is 2. The molecule has 26 heavy (non-hydrogen) atoms. The van der Waals surface area contributed by atoms with Gasteiger partial charge >= 0.3 is 0 Å². The average molecular weight is 386 g/mol. The van der Waals surface area contributed by atoms with Gasteiger partial charge in [0, 0.05) is 24.1 Å². The Morgan fingerprint density at radius 2 is 2.04 bits per heavy atom. The van der Waals surface area contributed by atoms with Gasteiger partial charge in [-0.05, 0) is 18.2 Å². The van der Waals surface area contributed by atoms with Crippen LogP contribution in [-0.4, -0.2) is 27.8 Å². The van der Waals surface area contributed by atoms with Crippen LogP contribution < -0.4 is 10.1 Å². The minimum atomic E-state index is -0.251. The van der Waals surface area contributed by atoms with Crippen LogP contribution in [0.4, 0.5) is 5.69 Å². The molecule has 5 nitrogen and oxygen atoms in total. The number of anilines is 1. The normalized spacial score (nSPS) is 12.7. The zero-order chi connectivity index (χ0) is 17.9. The van der Waals surface area contributed by atoms with Crippen molar-refractivity contribution in [3.8, 4) is 17.0 Å². The minimum Gasteiger partial charge on any atom is -0.482 e. The largest absolute Gasteiger partial charge is 0.482 e. The summed E-state index contributed by atoms with van der Waals surface area (Å²) in [7, 11) is 0. The van der Waals surface area contributed by atoms with Crippen molar-refractivity contribution in [3.63, 3.8) is 0 Å². The number of halogens is 1. The standard InChI is InChI=1S/C19H16ClN3O2S/c20-14-6-2-4-8-17(14)25-12-18(24)21-15-7-3-1-5-13(15)16-11-23-9-10-26-19(23)22-16/h1-8,11H,9-10,12H2,(H,21,24). The van der Waals surface area contributed by atoms with Gasteiger partial charge in [0.25, 0.3) is 5.91 Å². The number of carbonyl (C=O) groups excluding carboxylic acids is 1. The molecule has 7 heteroatoms. The van der Waals surface area contributed by atoms with E-state index in [1.54, 1.807) is 23.9 Å². The Bertz CT molecular complexity index is 936. The summed E-state index contributed by atoms with van der Waals surface area (Å²) in [5.74, 6) is 1.29. The number of carbonyl (C=O) groups is 1. The lowest BCUT2D eigenvalue weighted by Gasteiger charge is -2.11. The van der Waals surface area contributed by atoms with Gasteiger partial charge in [0.1, 0.15) is 5.75 Å². The SMILES string of the molecule is O=C(COc1ccccc1Cl)Nc1ccccc1-c1cn2c(n1)SCC2. The molecule has 0 atom stereocenters. The first-order valence-corrected chi connectivity index (χ1v) is 9.53. The molecular weight excluding hydrogens is 370 g/mol. The van der Waals surface area contributed by atoms with Gasteiger partial charge < -0.3 is 14.6 Å². The summed E-state index contributed by atoms with van der Waals surface area (Å²) in [6.07, 6.45) is 2.03. The second-order valence-electron chi connectivity index (χ2n) is 5.76. The van der Waals surface area contributed by atoms with E-state index in [0.717, 1.165) is 28.7 Å². The van der Waals surface area contributed by atoms with Crippen molar-refractivity contribution >= 4 is 35.0 Å². The zero-order valence-electron chi connectivity index (χ0n) is 13.8. The minimum absolute atomic E-state index is 0.117. The van der Waals surface area contributed by atoms with Gasteiger partial charge in [-0.2, -0.15) is 0 Å². The average Bonchev–Trinajstić information content (AvgIpc) is 3.23. The number of amides is 1. The Kier molecular flexibility index (Phi) is 4.86. The maximum atomic E-state index is 12.3. The maximum Gasteiger partial charge on any atom is 0.262 e. The molecule has 1 aliphatic heterocycles. The number of nitrogens with one attached hydrogen (secondary N) is 1. The number of rotatable bonds is 5. The van der Waals surface area contributed by atoms with Gasteiger partial charge in [0.2, 0.25) is 0 Å². The van der Waals surface area contributed by atoms with E-state index in [1.807, 2.05) is 42.6 Å². The van der Waals surface area contributed by atoms with Crippen LogP contribution in [0.3, 0.4) is 0 Å². The summed E-state index contributed by atoms with van der Waals surface area (Å²) in [6, 6.07) is 14.7. The second kappa shape index (κ2) is 7.43. The molecular formula is C19H16ClN3O2S. The van der Waals surface area contributed by atoms with Gasteiger partial charge in [-0.15, -0.1) is 0 Å². The highest BCUT2D eigenvalue weighted by atomic mass is 35.5. The Morgan fingerprint density at radius 1 is 1.23 bits per heavy atom. The van der Waals surface area contributed by atoms with Gasteiger partial charge in [-0.1, -0.05) is 53.7 Å². The van der Waals surface area contributed by atoms with Crippen LogP contribution in [0, 0.1) is 0 Å². The number of aryl methyl sites for hydroxylation is 1. The summed E-state index contributed by atoms with van der Waals surface area (Å²) >= 11 is 7.78. The first-order chi connectivity index (χ1) is 12.7. The van der Waals surface area contributed by atoms with Crippen LogP contribution in [0.1, 0.15) is 0 Å². The van der Waals surface area contributed by atoms with Crippen molar-refractivity contribution < 1.29 is 9.53 Å². The maximum absolute atomic E-state index is 12.3. The molecule has 0 aliphatic carbocycles. The number of imidazole rings is 1. The van der Waals surface area contributed by atoms with Crippen molar-refractivity contribution in [2.24, 2.45) is 0 Å². The number of thioether (sulfide) groups is 1. The molecule has 0 saturated heterocycles. The third-order valence-electron chi connectivity index (χ3n) is 3.98. The number of nitrogens with zero attached hydrogens (tertiary/aromatic N) is 2. The van der Waals surface area contributed by atoms with Crippen molar-refractivity contribution in [1.82, 2.24) is 9.55 Å². The molecule has 2 aromatic carbocycles. The van der Waals surface area contributed by atoms with Crippen LogP contribution in [0.5, 0.6) is 5.75 Å². The molecule has 1 aromatic heterocycles. The molecule has 0 unspecified atom stereocenters. The summed E-state index contributed by atoms with van der Waals surface area (Å²) in [5, 5.41) is 4.39. The van der Waals surface area contributed by atoms with E-state index in [2.05, 4.69) is 14.9 Å². The van der Waals surface area contributed by atoms with E-state index in [4.69, 9.17) is 16.3 Å². The predicted octanol–water partition coefficient (Wildman–Crippen LogP) is 4.33. The van der Waals surface area contributed by atoms with Crippen molar-refractivity contribution in [1.29, 1.82) is 0 Å². The van der Waals surface area contributed by atoms with Crippen LogP contribution in [-0.2, 0) is 11.3 Å². The molecule has 0 radical (unpaired) electrons. The molecule has 0 fully saturated rings. The number of aromatic nitrogens is 2. The predicted molar refractivity (Wildman–Crippen MR) is 104 cm³/mol. The highest BCUT2D eigenvalue weighted by Gasteiger charge is 2.17. The molecule has 1 amide bonds. The fourth-order valence-corrected chi connectivity index (χ4v) is 3.88. The second-order valence-corrected chi connectivity index (χ2v) is 7.23. The molecule has 2 heterocycles. The summed E-state index contributed by atoms with van der Waals surface area (Å²) in [4.78, 5) is 17.0. The van der Waals surface area contributed by atoms with E-state index < -0.39 is 0 Å². The summed E-state index contributed by atoms with van der Waals surface area (Å²) in [6.45, 7) is 0.848. The summed E-state index contributed by atoms with van der Waals surface area (Å²) in [5.41, 5.74) is 2.46. The lowest BCUT2D eigenvalue weighted by molar-refractivity contribution is -0.118. The third-order valence-corrected chi connectivity index (χ3v) is 5.26. The number of fused-ring (bicyclic) bond motifs is 1. The molecule has 0 bridgehead atoms. The highest BCUT2D eigenvalue weighted by molar-refractivity contribution is 7.99.